The van der Waals surface area contributed by atoms with Gasteiger partial charge in [-0.15, -0.1) is 0 Å². The molecule has 7 heteroatoms. The predicted octanol–water partition coefficient (Wildman–Crippen LogP) is 3.69. The molecule has 1 N–H and O–H groups in total. The molecular formula is C29H34N6O. The monoisotopic (exact) mass is 482 g/mol. The van der Waals surface area contributed by atoms with Crippen molar-refractivity contribution in [3.8, 4) is 6.07 Å². The Morgan fingerprint density at radius 1 is 1.06 bits per heavy atom. The fourth-order valence-corrected chi connectivity index (χ4v) is 6.08. The second kappa shape index (κ2) is 9.70. The van der Waals surface area contributed by atoms with Crippen LogP contribution in [0.15, 0.2) is 48.7 Å². The van der Waals surface area contributed by atoms with Gasteiger partial charge >= 0.3 is 0 Å². The van der Waals surface area contributed by atoms with Crippen LogP contribution in [0.1, 0.15) is 36.6 Å². The van der Waals surface area contributed by atoms with E-state index in [1.54, 1.807) is 6.20 Å². The lowest BCUT2D eigenvalue weighted by atomic mass is 10.0. The number of rotatable bonds is 4. The minimum atomic E-state index is 0.148. The number of nitrogens with zero attached hydrogens (tertiary/aromatic N) is 5. The number of ether oxygens (including phenoxy) is 1. The molecule has 7 nitrogen and oxygen atoms in total. The Bertz CT molecular complexity index is 1290. The highest BCUT2D eigenvalue weighted by atomic mass is 16.5. The van der Waals surface area contributed by atoms with E-state index >= 15 is 0 Å². The average Bonchev–Trinajstić information content (AvgIpc) is 3.28. The Morgan fingerprint density at radius 3 is 2.75 bits per heavy atom. The number of pyridine rings is 1. The summed E-state index contributed by atoms with van der Waals surface area (Å²) in [6, 6.07) is 17.7. The lowest BCUT2D eigenvalue weighted by Crippen LogP contribution is -2.54. The highest BCUT2D eigenvalue weighted by molar-refractivity contribution is 5.95. The van der Waals surface area contributed by atoms with E-state index in [2.05, 4.69) is 75.2 Å². The third kappa shape index (κ3) is 4.41. The zero-order chi connectivity index (χ0) is 24.6. The van der Waals surface area contributed by atoms with E-state index < -0.39 is 0 Å². The first kappa shape index (κ1) is 23.2. The number of benzene rings is 2. The van der Waals surface area contributed by atoms with Gasteiger partial charge in [-0.25, -0.2) is 0 Å². The molecule has 0 amide bonds. The van der Waals surface area contributed by atoms with Crippen LogP contribution in [0.2, 0.25) is 0 Å². The zero-order valence-electron chi connectivity index (χ0n) is 21.2. The molecule has 3 atom stereocenters. The van der Waals surface area contributed by atoms with E-state index in [0.29, 0.717) is 11.6 Å². The second-order valence-corrected chi connectivity index (χ2v) is 10.4. The summed E-state index contributed by atoms with van der Waals surface area (Å²) < 4.78 is 6.40. The maximum Gasteiger partial charge on any atom is 0.101 e. The Labute approximate surface area is 213 Å². The number of hydrogen-bond donors (Lipinski definition) is 1. The van der Waals surface area contributed by atoms with Gasteiger partial charge in [0.15, 0.2) is 0 Å². The summed E-state index contributed by atoms with van der Waals surface area (Å²) in [6.45, 7) is 12.2. The number of nitriles is 1. The summed E-state index contributed by atoms with van der Waals surface area (Å²) in [5.41, 5.74) is 6.77. The molecule has 186 valence electrons. The topological polar surface area (TPSA) is 67.7 Å². The van der Waals surface area contributed by atoms with Gasteiger partial charge in [-0.3, -0.25) is 9.88 Å². The molecule has 0 saturated carbocycles. The molecule has 0 bridgehead atoms. The van der Waals surface area contributed by atoms with Crippen LogP contribution in [0.5, 0.6) is 0 Å². The van der Waals surface area contributed by atoms with E-state index in [9.17, 15) is 5.26 Å². The minimum Gasteiger partial charge on any atom is -0.370 e. The highest BCUT2D eigenvalue weighted by Crippen LogP contribution is 2.31. The van der Waals surface area contributed by atoms with Crippen molar-refractivity contribution in [3.05, 3.63) is 65.4 Å². The lowest BCUT2D eigenvalue weighted by molar-refractivity contribution is -0.0327. The summed E-state index contributed by atoms with van der Waals surface area (Å²) in [6.07, 6.45) is 2.06. The quantitative estimate of drug-likeness (QED) is 0.608. The maximum atomic E-state index is 9.51. The lowest BCUT2D eigenvalue weighted by Gasteiger charge is -2.42. The normalized spacial score (nSPS) is 24.6. The molecule has 36 heavy (non-hydrogen) atoms. The van der Waals surface area contributed by atoms with Crippen molar-refractivity contribution >= 4 is 22.3 Å². The Kier molecular flexibility index (Phi) is 6.26. The molecule has 0 spiro atoms. The van der Waals surface area contributed by atoms with Crippen LogP contribution in [0.25, 0.3) is 10.9 Å². The summed E-state index contributed by atoms with van der Waals surface area (Å²) in [4.78, 5) is 12.0. The molecule has 2 saturated heterocycles. The van der Waals surface area contributed by atoms with Crippen LogP contribution in [0, 0.1) is 11.3 Å². The molecule has 0 aliphatic carbocycles. The first-order valence-corrected chi connectivity index (χ1v) is 13.1. The van der Waals surface area contributed by atoms with Gasteiger partial charge in [0.1, 0.15) is 6.07 Å². The fourth-order valence-electron chi connectivity index (χ4n) is 6.08. The minimum absolute atomic E-state index is 0.148. The second-order valence-electron chi connectivity index (χ2n) is 10.4. The van der Waals surface area contributed by atoms with Crippen LogP contribution in [0.4, 0.5) is 11.4 Å². The van der Waals surface area contributed by atoms with Gasteiger partial charge < -0.3 is 19.9 Å². The summed E-state index contributed by atoms with van der Waals surface area (Å²) >= 11 is 0. The average molecular weight is 483 g/mol. The van der Waals surface area contributed by atoms with Crippen LogP contribution in [-0.2, 0) is 11.3 Å². The predicted molar refractivity (Wildman–Crippen MR) is 143 cm³/mol. The smallest absolute Gasteiger partial charge is 0.101 e. The molecule has 0 radical (unpaired) electrons. The highest BCUT2D eigenvalue weighted by Gasteiger charge is 2.30. The fraction of sp³-hybridized carbons (Fsp3) is 0.448. The van der Waals surface area contributed by atoms with E-state index in [4.69, 9.17) is 4.74 Å². The van der Waals surface area contributed by atoms with Crippen molar-refractivity contribution in [2.45, 2.75) is 38.6 Å². The molecule has 3 unspecified atom stereocenters. The van der Waals surface area contributed by atoms with Crippen molar-refractivity contribution in [1.82, 2.24) is 15.2 Å². The SMILES string of the molecule is CC1CN(c2ccc(C#N)c3ncccc23)CC(CN2CCN(c3ccc4c(c3)CNC4C)CC2)O1. The van der Waals surface area contributed by atoms with Crippen LogP contribution in [0.3, 0.4) is 0 Å². The van der Waals surface area contributed by atoms with Crippen LogP contribution >= 0.6 is 0 Å². The number of aromatic nitrogens is 1. The Morgan fingerprint density at radius 2 is 1.92 bits per heavy atom. The molecule has 3 aliphatic heterocycles. The molecular weight excluding hydrogens is 448 g/mol. The van der Waals surface area contributed by atoms with Crippen molar-refractivity contribution in [2.75, 3.05) is 55.6 Å². The standard InChI is InChI=1S/C29H34N6O/c1-20-17-35(28-8-5-22(15-30)29-27(28)4-3-9-31-29)19-25(36-20)18-33-10-12-34(13-11-33)24-6-7-26-21(2)32-16-23(26)14-24/h3-9,14,20-21,25,32H,10-13,16-19H2,1-2H3. The Balaban J connectivity index is 1.11. The summed E-state index contributed by atoms with van der Waals surface area (Å²) in [5, 5.41) is 14.1. The van der Waals surface area contributed by atoms with Gasteiger partial charge in [-0.1, -0.05) is 6.07 Å². The summed E-state index contributed by atoms with van der Waals surface area (Å²) in [7, 11) is 0. The number of nitrogens with one attached hydrogen (secondary N) is 1. The Hall–Kier alpha value is -3.18. The van der Waals surface area contributed by atoms with Crippen molar-refractivity contribution < 1.29 is 4.74 Å². The number of anilines is 2. The largest absolute Gasteiger partial charge is 0.370 e. The van der Waals surface area contributed by atoms with Crippen molar-refractivity contribution in [1.29, 1.82) is 5.26 Å². The number of hydrogen-bond acceptors (Lipinski definition) is 7. The molecule has 2 fully saturated rings. The van der Waals surface area contributed by atoms with Gasteiger partial charge in [0.05, 0.1) is 23.3 Å². The van der Waals surface area contributed by atoms with Gasteiger partial charge in [-0.2, -0.15) is 5.26 Å². The molecule has 3 aliphatic rings. The van der Waals surface area contributed by atoms with Crippen LogP contribution in [-0.4, -0.2) is 67.9 Å². The molecule has 4 heterocycles. The summed E-state index contributed by atoms with van der Waals surface area (Å²) in [5.74, 6) is 0. The van der Waals surface area contributed by atoms with Gasteiger partial charge in [0.25, 0.3) is 0 Å². The molecule has 6 rings (SSSR count). The van der Waals surface area contributed by atoms with Gasteiger partial charge in [0, 0.05) is 81.4 Å². The first-order chi connectivity index (χ1) is 17.6. The molecule has 2 aromatic carbocycles. The van der Waals surface area contributed by atoms with Gasteiger partial charge in [-0.05, 0) is 61.4 Å². The molecule has 1 aromatic heterocycles. The maximum absolute atomic E-state index is 9.51. The van der Waals surface area contributed by atoms with Gasteiger partial charge in [0.2, 0.25) is 0 Å². The van der Waals surface area contributed by atoms with E-state index in [-0.39, 0.29) is 12.2 Å². The zero-order valence-corrected chi connectivity index (χ0v) is 21.2. The number of piperazine rings is 1. The van der Waals surface area contributed by atoms with E-state index in [1.165, 1.54) is 16.8 Å². The first-order valence-electron chi connectivity index (χ1n) is 13.1. The number of morpholine rings is 1. The van der Waals surface area contributed by atoms with E-state index in [0.717, 1.165) is 68.9 Å². The van der Waals surface area contributed by atoms with Crippen molar-refractivity contribution in [2.24, 2.45) is 0 Å². The number of fused-ring (bicyclic) bond motifs is 2. The third-order valence-electron chi connectivity index (χ3n) is 7.93. The van der Waals surface area contributed by atoms with Crippen molar-refractivity contribution in [3.63, 3.8) is 0 Å². The van der Waals surface area contributed by atoms with Crippen LogP contribution < -0.4 is 15.1 Å². The third-order valence-corrected chi connectivity index (χ3v) is 7.93. The van der Waals surface area contributed by atoms with E-state index in [1.807, 2.05) is 12.1 Å². The molecule has 3 aromatic rings.